The van der Waals surface area contributed by atoms with Gasteiger partial charge in [0.1, 0.15) is 0 Å². The summed E-state index contributed by atoms with van der Waals surface area (Å²) >= 11 is 0. The number of hydrogen-bond acceptors (Lipinski definition) is 2. The van der Waals surface area contributed by atoms with Crippen LogP contribution < -0.4 is 5.32 Å². The van der Waals surface area contributed by atoms with Gasteiger partial charge < -0.3 is 15.3 Å². The summed E-state index contributed by atoms with van der Waals surface area (Å²) in [6.07, 6.45) is -2.74. The first-order valence-corrected chi connectivity index (χ1v) is 7.70. The number of benzene rings is 1. The van der Waals surface area contributed by atoms with Crippen LogP contribution in [0, 0.1) is 0 Å². The minimum absolute atomic E-state index is 0.0533. The van der Waals surface area contributed by atoms with Crippen LogP contribution in [0.2, 0.25) is 0 Å². The van der Waals surface area contributed by atoms with Crippen LogP contribution in [0.15, 0.2) is 24.3 Å². The van der Waals surface area contributed by atoms with Crippen molar-refractivity contribution in [3.05, 3.63) is 35.4 Å². The van der Waals surface area contributed by atoms with E-state index in [0.717, 1.165) is 18.9 Å². The van der Waals surface area contributed by atoms with Gasteiger partial charge in [-0.3, -0.25) is 4.79 Å². The zero-order valence-corrected chi connectivity index (χ0v) is 13.0. The molecule has 0 radical (unpaired) electrons. The molecule has 0 atom stereocenters. The summed E-state index contributed by atoms with van der Waals surface area (Å²) in [6, 6.07) is 4.69. The minimum atomic E-state index is -4.47. The molecule has 2 amide bonds. The molecule has 132 valence electrons. The highest BCUT2D eigenvalue weighted by molar-refractivity contribution is 5.75. The van der Waals surface area contributed by atoms with Crippen LogP contribution in [-0.2, 0) is 17.5 Å². The Kier molecular flexibility index (Phi) is 5.69. The third-order valence-electron chi connectivity index (χ3n) is 3.76. The fourth-order valence-corrected chi connectivity index (χ4v) is 2.41. The molecule has 1 fully saturated rings. The predicted molar refractivity (Wildman–Crippen MR) is 80.3 cm³/mol. The Balaban J connectivity index is 2.02. The number of urea groups is 1. The second kappa shape index (κ2) is 7.55. The normalized spacial score (nSPS) is 14.3. The van der Waals surface area contributed by atoms with Crippen molar-refractivity contribution < 1.29 is 27.9 Å². The van der Waals surface area contributed by atoms with Crippen molar-refractivity contribution >= 4 is 12.0 Å². The summed E-state index contributed by atoms with van der Waals surface area (Å²) in [5, 5.41) is 11.1. The monoisotopic (exact) mass is 344 g/mol. The fourth-order valence-electron chi connectivity index (χ4n) is 2.41. The van der Waals surface area contributed by atoms with Crippen LogP contribution in [0.1, 0.15) is 36.8 Å². The second-order valence-corrected chi connectivity index (χ2v) is 5.74. The molecule has 2 N–H and O–H groups in total. The largest absolute Gasteiger partial charge is 0.481 e. The Bertz CT molecular complexity index is 600. The molecule has 1 aromatic carbocycles. The third kappa shape index (κ3) is 5.14. The number of carboxylic acids is 1. The molecule has 1 saturated carbocycles. The van der Waals surface area contributed by atoms with Gasteiger partial charge in [-0.15, -0.1) is 0 Å². The number of nitrogens with one attached hydrogen (secondary N) is 1. The van der Waals surface area contributed by atoms with Crippen molar-refractivity contribution in [2.75, 3.05) is 6.54 Å². The maximum absolute atomic E-state index is 13.1. The Morgan fingerprint density at radius 3 is 2.50 bits per heavy atom. The molecule has 8 heteroatoms. The molecule has 0 saturated heterocycles. The average molecular weight is 344 g/mol. The van der Waals surface area contributed by atoms with Crippen LogP contribution in [0.3, 0.4) is 0 Å². The lowest BCUT2D eigenvalue weighted by Crippen LogP contribution is -2.41. The zero-order valence-electron chi connectivity index (χ0n) is 13.0. The Morgan fingerprint density at radius 2 is 1.92 bits per heavy atom. The van der Waals surface area contributed by atoms with E-state index in [1.54, 1.807) is 0 Å². The van der Waals surface area contributed by atoms with E-state index in [4.69, 9.17) is 5.11 Å². The highest BCUT2D eigenvalue weighted by atomic mass is 19.4. The van der Waals surface area contributed by atoms with Gasteiger partial charge in [0.05, 0.1) is 5.56 Å². The molecule has 1 aliphatic carbocycles. The molecule has 0 aromatic heterocycles. The van der Waals surface area contributed by atoms with E-state index in [0.29, 0.717) is 0 Å². The van der Waals surface area contributed by atoms with Crippen molar-refractivity contribution in [3.8, 4) is 0 Å². The lowest BCUT2D eigenvalue weighted by molar-refractivity contribution is -0.138. The molecule has 24 heavy (non-hydrogen) atoms. The lowest BCUT2D eigenvalue weighted by Gasteiger charge is -2.24. The van der Waals surface area contributed by atoms with E-state index in [-0.39, 0.29) is 37.5 Å². The summed E-state index contributed by atoms with van der Waals surface area (Å²) in [5.74, 6) is -0.956. The van der Waals surface area contributed by atoms with Gasteiger partial charge in [-0.05, 0) is 30.9 Å². The van der Waals surface area contributed by atoms with Gasteiger partial charge in [0.2, 0.25) is 0 Å². The molecule has 1 aromatic rings. The molecular formula is C16H19F3N2O3. The molecule has 0 bridgehead atoms. The van der Waals surface area contributed by atoms with Crippen LogP contribution >= 0.6 is 0 Å². The third-order valence-corrected chi connectivity index (χ3v) is 3.76. The first kappa shape index (κ1) is 18.1. The molecular weight excluding hydrogens is 325 g/mol. The Hall–Kier alpha value is -2.25. The highest BCUT2D eigenvalue weighted by Crippen LogP contribution is 2.34. The zero-order chi connectivity index (χ0) is 17.7. The number of rotatable bonds is 7. The van der Waals surface area contributed by atoms with Gasteiger partial charge in [-0.2, -0.15) is 13.2 Å². The summed E-state index contributed by atoms with van der Waals surface area (Å²) in [7, 11) is 0. The summed E-state index contributed by atoms with van der Waals surface area (Å²) in [4.78, 5) is 24.1. The summed E-state index contributed by atoms with van der Waals surface area (Å²) in [5.41, 5.74) is -0.688. The van der Waals surface area contributed by atoms with Gasteiger partial charge >= 0.3 is 18.2 Å². The van der Waals surface area contributed by atoms with E-state index < -0.39 is 23.7 Å². The molecule has 0 heterocycles. The summed E-state index contributed by atoms with van der Waals surface area (Å²) in [6.45, 7) is 0.0559. The van der Waals surface area contributed by atoms with Gasteiger partial charge in [0.15, 0.2) is 0 Å². The molecule has 5 nitrogen and oxygen atoms in total. The number of carbonyl (C=O) groups is 2. The number of aliphatic carboxylic acids is 1. The number of alkyl halides is 3. The van der Waals surface area contributed by atoms with E-state index in [9.17, 15) is 22.8 Å². The molecule has 0 aliphatic heterocycles. The number of halogens is 3. The van der Waals surface area contributed by atoms with Gasteiger partial charge in [0, 0.05) is 25.6 Å². The maximum Gasteiger partial charge on any atom is 0.416 e. The first-order chi connectivity index (χ1) is 11.3. The maximum atomic E-state index is 13.1. The van der Waals surface area contributed by atoms with Gasteiger partial charge in [-0.25, -0.2) is 4.79 Å². The van der Waals surface area contributed by atoms with Crippen LogP contribution in [-0.4, -0.2) is 34.6 Å². The van der Waals surface area contributed by atoms with E-state index >= 15 is 0 Å². The summed E-state index contributed by atoms with van der Waals surface area (Å²) < 4.78 is 39.2. The fraction of sp³-hybridized carbons (Fsp3) is 0.500. The SMILES string of the molecule is O=C(O)CCCNC(=O)N(Cc1ccccc1C(F)(F)F)C1CC1. The number of hydrogen-bond donors (Lipinski definition) is 2. The number of nitrogens with zero attached hydrogens (tertiary/aromatic N) is 1. The molecule has 0 spiro atoms. The standard InChI is InChI=1S/C16H19F3N2O3/c17-16(18,19)13-5-2-1-4-11(13)10-21(12-7-8-12)15(24)20-9-3-6-14(22)23/h1-2,4-5,12H,3,6-10H2,(H,20,24)(H,22,23). The second-order valence-electron chi connectivity index (χ2n) is 5.74. The van der Waals surface area contributed by atoms with Crippen molar-refractivity contribution in [1.29, 1.82) is 0 Å². The Morgan fingerprint density at radius 1 is 1.25 bits per heavy atom. The van der Waals surface area contributed by atoms with Gasteiger partial charge in [0.25, 0.3) is 0 Å². The topological polar surface area (TPSA) is 69.6 Å². The van der Waals surface area contributed by atoms with Crippen molar-refractivity contribution in [1.82, 2.24) is 10.2 Å². The number of amides is 2. The minimum Gasteiger partial charge on any atom is -0.481 e. The molecule has 0 unspecified atom stereocenters. The molecule has 1 aliphatic rings. The van der Waals surface area contributed by atoms with Crippen molar-refractivity contribution in [2.24, 2.45) is 0 Å². The van der Waals surface area contributed by atoms with Crippen LogP contribution in [0.4, 0.5) is 18.0 Å². The van der Waals surface area contributed by atoms with Gasteiger partial charge in [-0.1, -0.05) is 18.2 Å². The van der Waals surface area contributed by atoms with E-state index in [1.807, 2.05) is 0 Å². The smallest absolute Gasteiger partial charge is 0.416 e. The van der Waals surface area contributed by atoms with Crippen molar-refractivity contribution in [2.45, 2.75) is 44.4 Å². The number of carboxylic acid groups (broad SMARTS) is 1. The van der Waals surface area contributed by atoms with Crippen molar-refractivity contribution in [3.63, 3.8) is 0 Å². The highest BCUT2D eigenvalue weighted by Gasteiger charge is 2.36. The molecule has 2 rings (SSSR count). The van der Waals surface area contributed by atoms with Crippen LogP contribution in [0.5, 0.6) is 0 Å². The average Bonchev–Trinajstić information content (AvgIpc) is 3.33. The van der Waals surface area contributed by atoms with Crippen LogP contribution in [0.25, 0.3) is 0 Å². The number of carbonyl (C=O) groups excluding carboxylic acids is 1. The lowest BCUT2D eigenvalue weighted by atomic mass is 10.1. The van der Waals surface area contributed by atoms with E-state index in [2.05, 4.69) is 5.32 Å². The first-order valence-electron chi connectivity index (χ1n) is 7.70. The Labute approximate surface area is 137 Å². The quantitative estimate of drug-likeness (QED) is 0.746. The predicted octanol–water partition coefficient (Wildman–Crippen LogP) is 3.24. The van der Waals surface area contributed by atoms with E-state index in [1.165, 1.54) is 23.1 Å².